The van der Waals surface area contributed by atoms with Gasteiger partial charge in [-0.05, 0) is 25.7 Å². The van der Waals surface area contributed by atoms with E-state index in [2.05, 4.69) is 6.92 Å². The van der Waals surface area contributed by atoms with E-state index in [4.69, 9.17) is 4.42 Å². The van der Waals surface area contributed by atoms with Crippen molar-refractivity contribution in [1.82, 2.24) is 0 Å². The maximum atomic E-state index is 10.6. The van der Waals surface area contributed by atoms with Gasteiger partial charge in [0.1, 0.15) is 10.7 Å². The number of hydrogen-bond acceptors (Lipinski definition) is 3. The highest BCUT2D eigenvalue weighted by Gasteiger charge is 2.28. The van der Waals surface area contributed by atoms with E-state index in [0.717, 1.165) is 36.1 Å². The molecule has 0 saturated heterocycles. The molecule has 1 heterocycles. The van der Waals surface area contributed by atoms with Crippen LogP contribution in [0, 0.1) is 23.0 Å². The van der Waals surface area contributed by atoms with Gasteiger partial charge in [-0.3, -0.25) is 10.1 Å². The third-order valence-corrected chi connectivity index (χ3v) is 2.92. The summed E-state index contributed by atoms with van der Waals surface area (Å²) in [7, 11) is 0. The first-order chi connectivity index (χ1) is 6.59. The monoisotopic (exact) mass is 195 g/mol. The molecule has 1 aliphatic rings. The molecule has 0 aliphatic heterocycles. The molecule has 0 amide bonds. The lowest BCUT2D eigenvalue weighted by Crippen LogP contribution is -2.09. The van der Waals surface area contributed by atoms with Crippen LogP contribution in [0.25, 0.3) is 0 Å². The van der Waals surface area contributed by atoms with E-state index in [1.165, 1.54) is 0 Å². The van der Waals surface area contributed by atoms with Gasteiger partial charge in [0.15, 0.2) is 0 Å². The van der Waals surface area contributed by atoms with Gasteiger partial charge in [0.2, 0.25) is 0 Å². The second-order valence-corrected chi connectivity index (χ2v) is 4.04. The van der Waals surface area contributed by atoms with Gasteiger partial charge in [-0.2, -0.15) is 0 Å². The van der Waals surface area contributed by atoms with Gasteiger partial charge in [0.05, 0.1) is 5.56 Å². The Balaban J connectivity index is 2.45. The van der Waals surface area contributed by atoms with Crippen LogP contribution in [0.15, 0.2) is 4.42 Å². The fourth-order valence-corrected chi connectivity index (χ4v) is 2.07. The lowest BCUT2D eigenvalue weighted by Gasteiger charge is -2.16. The number of hydrogen-bond donors (Lipinski definition) is 0. The second kappa shape index (κ2) is 3.12. The van der Waals surface area contributed by atoms with Gasteiger partial charge in [-0.1, -0.05) is 6.92 Å². The summed E-state index contributed by atoms with van der Waals surface area (Å²) in [6, 6.07) is 0. The quantitative estimate of drug-likeness (QED) is 0.511. The molecule has 76 valence electrons. The number of nitrogens with zero attached hydrogens (tertiary/aromatic N) is 1. The maximum absolute atomic E-state index is 10.6. The molecule has 0 radical (unpaired) electrons. The van der Waals surface area contributed by atoms with Crippen LogP contribution in [0.4, 0.5) is 5.88 Å². The molecule has 0 unspecified atom stereocenters. The molecular weight excluding hydrogens is 182 g/mol. The molecule has 0 bridgehead atoms. The highest BCUT2D eigenvalue weighted by atomic mass is 16.6. The minimum absolute atomic E-state index is 0.0656. The normalized spacial score (nSPS) is 20.6. The fourth-order valence-electron chi connectivity index (χ4n) is 2.07. The zero-order valence-corrected chi connectivity index (χ0v) is 8.37. The summed E-state index contributed by atoms with van der Waals surface area (Å²) in [4.78, 5) is 10.2. The molecule has 0 spiro atoms. The van der Waals surface area contributed by atoms with Crippen molar-refractivity contribution in [3.63, 3.8) is 0 Å². The van der Waals surface area contributed by atoms with E-state index in [1.807, 2.05) is 0 Å². The molecule has 0 saturated carbocycles. The van der Waals surface area contributed by atoms with E-state index >= 15 is 0 Å². The summed E-state index contributed by atoms with van der Waals surface area (Å²) >= 11 is 0. The Hall–Kier alpha value is -1.32. The minimum atomic E-state index is -0.432. The Morgan fingerprint density at radius 2 is 2.29 bits per heavy atom. The summed E-state index contributed by atoms with van der Waals surface area (Å²) in [6.45, 7) is 3.92. The Bertz CT molecular complexity index is 381. The topological polar surface area (TPSA) is 56.3 Å². The molecule has 4 nitrogen and oxygen atoms in total. The predicted octanol–water partition coefficient (Wildman–Crippen LogP) is 2.62. The van der Waals surface area contributed by atoms with Crippen LogP contribution in [0.3, 0.4) is 0 Å². The van der Waals surface area contributed by atoms with Gasteiger partial charge < -0.3 is 4.42 Å². The molecule has 14 heavy (non-hydrogen) atoms. The van der Waals surface area contributed by atoms with E-state index < -0.39 is 4.92 Å². The lowest BCUT2D eigenvalue weighted by atomic mass is 9.88. The third-order valence-electron chi connectivity index (χ3n) is 2.92. The van der Waals surface area contributed by atoms with Crippen LogP contribution in [0.5, 0.6) is 0 Å². The molecule has 2 rings (SSSR count). The first kappa shape index (κ1) is 9.24. The number of furan rings is 1. The molecule has 0 N–H and O–H groups in total. The van der Waals surface area contributed by atoms with E-state index in [9.17, 15) is 10.1 Å². The van der Waals surface area contributed by atoms with Crippen LogP contribution < -0.4 is 0 Å². The Morgan fingerprint density at radius 3 is 2.93 bits per heavy atom. The zero-order valence-electron chi connectivity index (χ0n) is 8.37. The SMILES string of the molecule is Cc1c([N+](=O)[O-])oc2c1CC[C@@H](C)C2. The number of rotatable bonds is 1. The van der Waals surface area contributed by atoms with Crippen molar-refractivity contribution in [2.24, 2.45) is 5.92 Å². The highest BCUT2D eigenvalue weighted by Crippen LogP contribution is 2.35. The second-order valence-electron chi connectivity index (χ2n) is 4.04. The lowest BCUT2D eigenvalue weighted by molar-refractivity contribution is -0.403. The van der Waals surface area contributed by atoms with E-state index in [0.29, 0.717) is 5.92 Å². The third kappa shape index (κ3) is 1.31. The Labute approximate surface area is 82.1 Å². The highest BCUT2D eigenvalue weighted by molar-refractivity contribution is 5.41. The van der Waals surface area contributed by atoms with Crippen LogP contribution in [0.2, 0.25) is 0 Å². The first-order valence-electron chi connectivity index (χ1n) is 4.85. The van der Waals surface area contributed by atoms with Crippen molar-refractivity contribution in [1.29, 1.82) is 0 Å². The first-order valence-corrected chi connectivity index (χ1v) is 4.85. The zero-order chi connectivity index (χ0) is 10.3. The van der Waals surface area contributed by atoms with Crippen LogP contribution >= 0.6 is 0 Å². The van der Waals surface area contributed by atoms with Gasteiger partial charge >= 0.3 is 5.88 Å². The van der Waals surface area contributed by atoms with E-state index in [1.54, 1.807) is 6.92 Å². The average Bonchev–Trinajstić information content (AvgIpc) is 2.43. The maximum Gasteiger partial charge on any atom is 0.436 e. The van der Waals surface area contributed by atoms with Crippen molar-refractivity contribution < 1.29 is 9.34 Å². The molecule has 0 fully saturated rings. The largest absolute Gasteiger partial charge is 0.436 e. The molecule has 4 heteroatoms. The molecule has 0 aromatic carbocycles. The van der Waals surface area contributed by atoms with Crippen LogP contribution in [0.1, 0.15) is 30.2 Å². The van der Waals surface area contributed by atoms with Crippen molar-refractivity contribution >= 4 is 5.88 Å². The van der Waals surface area contributed by atoms with Crippen molar-refractivity contribution in [3.05, 3.63) is 27.0 Å². The van der Waals surface area contributed by atoms with Crippen molar-refractivity contribution in [3.8, 4) is 0 Å². The Kier molecular flexibility index (Phi) is 2.06. The minimum Gasteiger partial charge on any atom is -0.405 e. The van der Waals surface area contributed by atoms with Gasteiger partial charge in [0.25, 0.3) is 0 Å². The summed E-state index contributed by atoms with van der Waals surface area (Å²) in [6.07, 6.45) is 2.86. The number of fused-ring (bicyclic) bond motifs is 1. The molecular formula is C10H13NO3. The summed E-state index contributed by atoms with van der Waals surface area (Å²) in [5.41, 5.74) is 1.78. The van der Waals surface area contributed by atoms with Gasteiger partial charge in [-0.25, -0.2) is 0 Å². The summed E-state index contributed by atoms with van der Waals surface area (Å²) < 4.78 is 5.27. The molecule has 1 atom stereocenters. The van der Waals surface area contributed by atoms with Crippen molar-refractivity contribution in [2.75, 3.05) is 0 Å². The van der Waals surface area contributed by atoms with Crippen LogP contribution in [-0.2, 0) is 12.8 Å². The standard InChI is InChI=1S/C10H13NO3/c1-6-3-4-8-7(2)10(11(12)13)14-9(8)5-6/h6H,3-5H2,1-2H3/t6-/m1/s1. The van der Waals surface area contributed by atoms with E-state index in [-0.39, 0.29) is 5.88 Å². The van der Waals surface area contributed by atoms with Gasteiger partial charge in [0, 0.05) is 12.0 Å². The predicted molar refractivity (Wildman–Crippen MR) is 51.3 cm³/mol. The van der Waals surface area contributed by atoms with Crippen molar-refractivity contribution in [2.45, 2.75) is 33.1 Å². The fraction of sp³-hybridized carbons (Fsp3) is 0.600. The Morgan fingerprint density at radius 1 is 1.57 bits per heavy atom. The number of nitro groups is 1. The van der Waals surface area contributed by atoms with Crippen LogP contribution in [-0.4, -0.2) is 4.92 Å². The van der Waals surface area contributed by atoms with Gasteiger partial charge in [-0.15, -0.1) is 0 Å². The molecule has 1 aromatic heterocycles. The molecule has 1 aliphatic carbocycles. The molecule has 1 aromatic rings. The smallest absolute Gasteiger partial charge is 0.405 e. The average molecular weight is 195 g/mol. The summed E-state index contributed by atoms with van der Waals surface area (Å²) in [5.74, 6) is 1.34. The summed E-state index contributed by atoms with van der Waals surface area (Å²) in [5, 5.41) is 10.6.